The smallest absolute Gasteiger partial charge is 0.356 e. The Morgan fingerprint density at radius 1 is 1.26 bits per heavy atom. The van der Waals surface area contributed by atoms with Crippen LogP contribution < -0.4 is 4.74 Å². The topological polar surface area (TPSA) is 111 Å². The zero-order valence-corrected chi connectivity index (χ0v) is 25.8. The van der Waals surface area contributed by atoms with E-state index >= 15 is 0 Å². The summed E-state index contributed by atoms with van der Waals surface area (Å²) in [7, 11) is 0. The number of carbonyl (C=O) groups is 1. The molecule has 11 heteroatoms. The molecular formula is C31H32Cl3N3O5. The third kappa shape index (κ3) is 5.91. The zero-order valence-electron chi connectivity index (χ0n) is 23.5. The lowest BCUT2D eigenvalue weighted by atomic mass is 9.66. The van der Waals surface area contributed by atoms with Crippen LogP contribution in [-0.4, -0.2) is 31.1 Å². The van der Waals surface area contributed by atoms with Crippen molar-refractivity contribution in [3.8, 4) is 5.75 Å². The number of allylic oxidation sites excluding steroid dienone is 5. The molecule has 2 fully saturated rings. The molecule has 2 heterocycles. The standard InChI is InChI=1S/C31H32Cl3N3O5/c1-5-6-23(33)27(17(4)32)28-21(29(42-36-28)18-7-8-18)15-41-20-9-10-22(24(34)11-20)31(40)13-19(14-31)26-12-25(30(38)39)35-37(26)16(2)3/h5-6,9-12,16,18-19,40H,1,7-8,13-15H2,2-4H3,(H,38,39)/b23-6+,27-17-/t19-,31+. The second-order valence-electron chi connectivity index (χ2n) is 11.2. The number of nitrogens with zero attached hydrogens (tertiary/aromatic N) is 3. The quantitative estimate of drug-likeness (QED) is 0.205. The van der Waals surface area contributed by atoms with E-state index in [-0.39, 0.29) is 30.2 Å². The number of halogens is 3. The van der Waals surface area contributed by atoms with Gasteiger partial charge >= 0.3 is 5.97 Å². The minimum Gasteiger partial charge on any atom is -0.489 e. The number of ether oxygens (including phenoxy) is 1. The molecule has 0 amide bonds. The van der Waals surface area contributed by atoms with Crippen LogP contribution >= 0.6 is 34.8 Å². The molecule has 0 aliphatic heterocycles. The van der Waals surface area contributed by atoms with E-state index in [9.17, 15) is 15.0 Å². The Labute approximate surface area is 259 Å². The monoisotopic (exact) mass is 631 g/mol. The van der Waals surface area contributed by atoms with E-state index in [2.05, 4.69) is 16.8 Å². The largest absolute Gasteiger partial charge is 0.489 e. The molecule has 0 spiro atoms. The van der Waals surface area contributed by atoms with Crippen molar-refractivity contribution < 1.29 is 24.3 Å². The average Bonchev–Trinajstić information content (AvgIpc) is 3.50. The van der Waals surface area contributed by atoms with Gasteiger partial charge in [0.05, 0.1) is 21.2 Å². The predicted octanol–water partition coefficient (Wildman–Crippen LogP) is 8.30. The molecule has 0 unspecified atom stereocenters. The second kappa shape index (κ2) is 11.9. The van der Waals surface area contributed by atoms with Crippen molar-refractivity contribution in [1.29, 1.82) is 0 Å². The number of aliphatic hydroxyl groups is 1. The molecule has 5 rings (SSSR count). The molecule has 3 aromatic rings. The maximum Gasteiger partial charge on any atom is 0.356 e. The second-order valence-corrected chi connectivity index (χ2v) is 12.6. The average molecular weight is 633 g/mol. The van der Waals surface area contributed by atoms with Gasteiger partial charge in [-0.3, -0.25) is 4.68 Å². The molecule has 2 saturated carbocycles. The van der Waals surface area contributed by atoms with Gasteiger partial charge in [-0.25, -0.2) is 4.79 Å². The van der Waals surface area contributed by atoms with E-state index < -0.39 is 11.6 Å². The summed E-state index contributed by atoms with van der Waals surface area (Å²) in [6.07, 6.45) is 6.03. The molecule has 2 N–H and O–H groups in total. The van der Waals surface area contributed by atoms with Crippen LogP contribution in [0.1, 0.15) is 103 Å². The Hall–Kier alpha value is -3.04. The number of carboxylic acids is 1. The molecule has 8 nitrogen and oxygen atoms in total. The number of aromatic nitrogens is 3. The van der Waals surface area contributed by atoms with Gasteiger partial charge in [-0.05, 0) is 70.7 Å². The normalized spacial score (nSPS) is 21.2. The number of hydrogen-bond donors (Lipinski definition) is 2. The van der Waals surface area contributed by atoms with E-state index in [1.165, 1.54) is 0 Å². The van der Waals surface area contributed by atoms with Crippen LogP contribution in [0.25, 0.3) is 5.57 Å². The first-order chi connectivity index (χ1) is 19.9. The summed E-state index contributed by atoms with van der Waals surface area (Å²) in [6.45, 7) is 9.49. The van der Waals surface area contributed by atoms with Crippen molar-refractivity contribution in [2.45, 2.75) is 76.5 Å². The predicted molar refractivity (Wildman–Crippen MR) is 162 cm³/mol. The fraction of sp³-hybridized carbons (Fsp3) is 0.387. The van der Waals surface area contributed by atoms with Gasteiger partial charge < -0.3 is 19.5 Å². The molecule has 42 heavy (non-hydrogen) atoms. The number of benzene rings is 1. The first-order valence-corrected chi connectivity index (χ1v) is 14.9. The van der Waals surface area contributed by atoms with Gasteiger partial charge in [0.15, 0.2) is 5.69 Å². The fourth-order valence-corrected chi connectivity index (χ4v) is 6.39. The Morgan fingerprint density at radius 3 is 2.55 bits per heavy atom. The minimum absolute atomic E-state index is 0.00249. The van der Waals surface area contributed by atoms with Crippen molar-refractivity contribution in [2.24, 2.45) is 0 Å². The third-order valence-corrected chi connectivity index (χ3v) is 8.55. The van der Waals surface area contributed by atoms with E-state index in [4.69, 9.17) is 44.1 Å². The molecule has 2 aliphatic carbocycles. The highest BCUT2D eigenvalue weighted by Crippen LogP contribution is 2.53. The Morgan fingerprint density at radius 2 is 1.98 bits per heavy atom. The number of rotatable bonds is 11. The van der Waals surface area contributed by atoms with Crippen molar-refractivity contribution >= 4 is 46.3 Å². The first kappa shape index (κ1) is 30.4. The maximum atomic E-state index is 11.5. The van der Waals surface area contributed by atoms with Crippen LogP contribution in [-0.2, 0) is 12.2 Å². The minimum atomic E-state index is -1.15. The lowest BCUT2D eigenvalue weighted by Gasteiger charge is -2.44. The van der Waals surface area contributed by atoms with Gasteiger partial charge in [0.25, 0.3) is 0 Å². The zero-order chi connectivity index (χ0) is 30.3. The molecule has 1 aromatic carbocycles. The molecule has 2 aromatic heterocycles. The highest BCUT2D eigenvalue weighted by molar-refractivity contribution is 6.41. The number of carboxylic acid groups (broad SMARTS) is 1. The fourth-order valence-electron chi connectivity index (χ4n) is 5.49. The summed E-state index contributed by atoms with van der Waals surface area (Å²) in [4.78, 5) is 11.5. The summed E-state index contributed by atoms with van der Waals surface area (Å²) >= 11 is 19.6. The van der Waals surface area contributed by atoms with Crippen LogP contribution in [0.3, 0.4) is 0 Å². The van der Waals surface area contributed by atoms with Crippen LogP contribution in [0.5, 0.6) is 5.75 Å². The summed E-state index contributed by atoms with van der Waals surface area (Å²) in [5.41, 5.74) is 2.08. The molecule has 0 atom stereocenters. The van der Waals surface area contributed by atoms with Crippen molar-refractivity contribution in [3.05, 3.63) is 92.1 Å². The van der Waals surface area contributed by atoms with E-state index in [0.717, 1.165) is 29.9 Å². The molecule has 2 aliphatic rings. The molecule has 222 valence electrons. The number of hydrogen-bond acceptors (Lipinski definition) is 6. The summed E-state index contributed by atoms with van der Waals surface area (Å²) in [5.74, 6) is 0.421. The molecular weight excluding hydrogens is 601 g/mol. The number of aromatic carboxylic acids is 1. The third-order valence-electron chi connectivity index (χ3n) is 7.74. The lowest BCUT2D eigenvalue weighted by molar-refractivity contribution is -0.0569. The van der Waals surface area contributed by atoms with Gasteiger partial charge in [0.2, 0.25) is 0 Å². The summed E-state index contributed by atoms with van der Waals surface area (Å²) in [5, 5.41) is 30.6. The van der Waals surface area contributed by atoms with Crippen molar-refractivity contribution in [2.75, 3.05) is 0 Å². The Balaban J connectivity index is 1.34. The molecule has 0 saturated heterocycles. The molecule has 0 radical (unpaired) electrons. The van der Waals surface area contributed by atoms with Crippen molar-refractivity contribution in [1.82, 2.24) is 14.9 Å². The van der Waals surface area contributed by atoms with Gasteiger partial charge in [-0.2, -0.15) is 5.10 Å². The highest BCUT2D eigenvalue weighted by atomic mass is 35.5. The summed E-state index contributed by atoms with van der Waals surface area (Å²) in [6, 6.07) is 6.80. The Kier molecular flexibility index (Phi) is 8.63. The first-order valence-electron chi connectivity index (χ1n) is 13.7. The SMILES string of the molecule is C=C/C=C(Cl)\C(=C(/C)Cl)c1noc(C2CC2)c1COc1ccc([C@]2(O)C[C@@H](c3cc(C(=O)O)nn3C(C)C)C2)c(Cl)c1. The van der Waals surface area contributed by atoms with Crippen LogP contribution in [0, 0.1) is 0 Å². The van der Waals surface area contributed by atoms with E-state index in [0.29, 0.717) is 50.5 Å². The van der Waals surface area contributed by atoms with Gasteiger partial charge in [0, 0.05) is 39.7 Å². The van der Waals surface area contributed by atoms with E-state index in [1.807, 2.05) is 13.8 Å². The van der Waals surface area contributed by atoms with E-state index in [1.54, 1.807) is 48.0 Å². The lowest BCUT2D eigenvalue weighted by Crippen LogP contribution is -2.41. The van der Waals surface area contributed by atoms with Gasteiger partial charge in [-0.15, -0.1) is 0 Å². The van der Waals surface area contributed by atoms with Gasteiger partial charge in [0.1, 0.15) is 23.8 Å². The highest BCUT2D eigenvalue weighted by Gasteiger charge is 2.47. The Bertz CT molecular complexity index is 1590. The van der Waals surface area contributed by atoms with Crippen LogP contribution in [0.4, 0.5) is 0 Å². The van der Waals surface area contributed by atoms with Crippen molar-refractivity contribution in [3.63, 3.8) is 0 Å². The van der Waals surface area contributed by atoms with Gasteiger partial charge in [-0.1, -0.05) is 58.7 Å². The maximum absolute atomic E-state index is 11.5. The van der Waals surface area contributed by atoms with Crippen LogP contribution in [0.15, 0.2) is 57.6 Å². The summed E-state index contributed by atoms with van der Waals surface area (Å²) < 4.78 is 13.6. The molecule has 0 bridgehead atoms. The van der Waals surface area contributed by atoms with Crippen LogP contribution in [0.2, 0.25) is 5.02 Å².